The Morgan fingerprint density at radius 2 is 1.72 bits per heavy atom. The lowest BCUT2D eigenvalue weighted by Gasteiger charge is -2.25. The second kappa shape index (κ2) is 9.42. The van der Waals surface area contributed by atoms with Crippen LogP contribution in [0.3, 0.4) is 0 Å². The van der Waals surface area contributed by atoms with Crippen LogP contribution in [0.1, 0.15) is 49.7 Å². The normalized spacial score (nSPS) is 18.0. The van der Waals surface area contributed by atoms with E-state index < -0.39 is 18.1 Å². The maximum absolute atomic E-state index is 12.6. The molecule has 1 fully saturated rings. The van der Waals surface area contributed by atoms with Crippen LogP contribution in [0.5, 0.6) is 0 Å². The van der Waals surface area contributed by atoms with E-state index in [-0.39, 0.29) is 37.3 Å². The largest absolute Gasteiger partial charge is 0.481 e. The second-order valence-corrected chi connectivity index (χ2v) is 8.56. The summed E-state index contributed by atoms with van der Waals surface area (Å²) in [5.74, 6) is -1.06. The van der Waals surface area contributed by atoms with Gasteiger partial charge in [0.15, 0.2) is 0 Å². The van der Waals surface area contributed by atoms with E-state index in [9.17, 15) is 14.4 Å². The first-order valence-electron chi connectivity index (χ1n) is 11.1. The third-order valence-electron chi connectivity index (χ3n) is 6.30. The third kappa shape index (κ3) is 4.61. The average Bonchev–Trinajstić information content (AvgIpc) is 3.34. The standard InChI is InChI=1S/C25H28N2O5/c1-16(13-23(28)27-12-6-7-17(27)14-24(29)30)26-25(31)32-15-22-20-10-4-2-8-18(20)19-9-3-5-11-21(19)22/h2-5,8-11,16-17,22H,6-7,12-15H2,1H3,(H,26,31)(H,29,30)/t16-,17-/m1/s1. The van der Waals surface area contributed by atoms with E-state index in [1.54, 1.807) is 11.8 Å². The maximum Gasteiger partial charge on any atom is 0.407 e. The fourth-order valence-electron chi connectivity index (χ4n) is 4.85. The van der Waals surface area contributed by atoms with Crippen molar-refractivity contribution in [3.8, 4) is 11.1 Å². The van der Waals surface area contributed by atoms with Crippen molar-refractivity contribution in [1.82, 2.24) is 10.2 Å². The summed E-state index contributed by atoms with van der Waals surface area (Å²) in [6.45, 7) is 2.53. The molecule has 1 aliphatic carbocycles. The number of ether oxygens (including phenoxy) is 1. The summed E-state index contributed by atoms with van der Waals surface area (Å²) < 4.78 is 5.54. The topological polar surface area (TPSA) is 95.9 Å². The fraction of sp³-hybridized carbons (Fsp3) is 0.400. The number of carboxylic acid groups (broad SMARTS) is 1. The molecule has 0 spiro atoms. The zero-order chi connectivity index (χ0) is 22.7. The van der Waals surface area contributed by atoms with Crippen LogP contribution in [0, 0.1) is 0 Å². The van der Waals surface area contributed by atoms with Gasteiger partial charge in [-0.2, -0.15) is 0 Å². The lowest BCUT2D eigenvalue weighted by molar-refractivity contribution is -0.140. The van der Waals surface area contributed by atoms with Crippen molar-refractivity contribution in [1.29, 1.82) is 0 Å². The Labute approximate surface area is 187 Å². The number of carbonyl (C=O) groups is 3. The molecule has 7 heteroatoms. The highest BCUT2D eigenvalue weighted by Gasteiger charge is 2.32. The van der Waals surface area contributed by atoms with Crippen molar-refractivity contribution in [3.63, 3.8) is 0 Å². The number of nitrogens with one attached hydrogen (secondary N) is 1. The highest BCUT2D eigenvalue weighted by atomic mass is 16.5. The molecule has 0 radical (unpaired) electrons. The smallest absolute Gasteiger partial charge is 0.407 e. The molecule has 0 saturated carbocycles. The first kappa shape index (κ1) is 21.9. The Morgan fingerprint density at radius 3 is 2.34 bits per heavy atom. The highest BCUT2D eigenvalue weighted by Crippen LogP contribution is 2.44. The van der Waals surface area contributed by atoms with Crippen LogP contribution < -0.4 is 5.32 Å². The van der Waals surface area contributed by atoms with Gasteiger partial charge in [-0.1, -0.05) is 48.5 Å². The Balaban J connectivity index is 1.31. The molecule has 2 N–H and O–H groups in total. The number of alkyl carbamates (subject to hydrolysis) is 1. The second-order valence-electron chi connectivity index (χ2n) is 8.56. The van der Waals surface area contributed by atoms with Crippen LogP contribution in [-0.4, -0.2) is 53.2 Å². The molecule has 1 heterocycles. The van der Waals surface area contributed by atoms with Crippen LogP contribution in [0.2, 0.25) is 0 Å². The van der Waals surface area contributed by atoms with E-state index in [4.69, 9.17) is 9.84 Å². The van der Waals surface area contributed by atoms with E-state index in [2.05, 4.69) is 29.6 Å². The molecule has 2 atom stereocenters. The highest BCUT2D eigenvalue weighted by molar-refractivity contribution is 5.80. The molecule has 2 aliphatic rings. The molecule has 0 unspecified atom stereocenters. The van der Waals surface area contributed by atoms with Gasteiger partial charge in [-0.25, -0.2) is 4.79 Å². The number of carbonyl (C=O) groups excluding carboxylic acids is 2. The van der Waals surface area contributed by atoms with Gasteiger partial charge in [0, 0.05) is 31.0 Å². The summed E-state index contributed by atoms with van der Waals surface area (Å²) in [6, 6.07) is 15.6. The molecule has 1 aliphatic heterocycles. The molecule has 1 saturated heterocycles. The van der Waals surface area contributed by atoms with E-state index in [0.29, 0.717) is 13.0 Å². The van der Waals surface area contributed by atoms with Gasteiger partial charge in [-0.15, -0.1) is 0 Å². The van der Waals surface area contributed by atoms with E-state index in [1.165, 1.54) is 0 Å². The van der Waals surface area contributed by atoms with Crippen molar-refractivity contribution in [2.75, 3.05) is 13.2 Å². The summed E-state index contributed by atoms with van der Waals surface area (Å²) in [7, 11) is 0. The monoisotopic (exact) mass is 436 g/mol. The van der Waals surface area contributed by atoms with Crippen LogP contribution in [-0.2, 0) is 14.3 Å². The predicted octanol–water partition coefficient (Wildman–Crippen LogP) is 3.77. The van der Waals surface area contributed by atoms with Gasteiger partial charge >= 0.3 is 12.1 Å². The molecule has 2 amide bonds. The Morgan fingerprint density at radius 1 is 1.09 bits per heavy atom. The number of hydrogen-bond donors (Lipinski definition) is 2. The minimum absolute atomic E-state index is 0.0218. The van der Waals surface area contributed by atoms with Crippen molar-refractivity contribution < 1.29 is 24.2 Å². The minimum atomic E-state index is -0.903. The minimum Gasteiger partial charge on any atom is -0.481 e. The molecule has 4 rings (SSSR count). The number of amides is 2. The van der Waals surface area contributed by atoms with Crippen molar-refractivity contribution >= 4 is 18.0 Å². The van der Waals surface area contributed by atoms with Crippen LogP contribution in [0.15, 0.2) is 48.5 Å². The molecular weight excluding hydrogens is 408 g/mol. The van der Waals surface area contributed by atoms with Crippen molar-refractivity contribution in [2.24, 2.45) is 0 Å². The summed E-state index contributed by atoms with van der Waals surface area (Å²) in [4.78, 5) is 37.7. The molecular formula is C25H28N2O5. The molecule has 2 aromatic carbocycles. The van der Waals surface area contributed by atoms with Crippen LogP contribution >= 0.6 is 0 Å². The number of rotatable bonds is 7. The summed E-state index contributed by atoms with van der Waals surface area (Å²) in [5, 5.41) is 11.8. The Kier molecular flexibility index (Phi) is 6.44. The number of likely N-dealkylation sites (tertiary alicyclic amines) is 1. The molecule has 2 aromatic rings. The number of carboxylic acids is 1. The predicted molar refractivity (Wildman–Crippen MR) is 119 cm³/mol. The van der Waals surface area contributed by atoms with Gasteiger partial charge in [0.05, 0.1) is 6.42 Å². The summed E-state index contributed by atoms with van der Waals surface area (Å²) in [6.07, 6.45) is 1.01. The first-order chi connectivity index (χ1) is 15.4. The number of hydrogen-bond acceptors (Lipinski definition) is 4. The lowest BCUT2D eigenvalue weighted by atomic mass is 9.98. The lowest BCUT2D eigenvalue weighted by Crippen LogP contribution is -2.42. The van der Waals surface area contributed by atoms with Gasteiger partial charge < -0.3 is 20.1 Å². The van der Waals surface area contributed by atoms with Crippen LogP contribution in [0.25, 0.3) is 11.1 Å². The summed E-state index contributed by atoms with van der Waals surface area (Å²) >= 11 is 0. The quantitative estimate of drug-likeness (QED) is 0.689. The Hall–Kier alpha value is -3.35. The number of benzene rings is 2. The van der Waals surface area contributed by atoms with Crippen LogP contribution in [0.4, 0.5) is 4.79 Å². The Bertz CT molecular complexity index is 975. The van der Waals surface area contributed by atoms with Gasteiger partial charge in [0.2, 0.25) is 5.91 Å². The summed E-state index contributed by atoms with van der Waals surface area (Å²) in [5.41, 5.74) is 4.61. The maximum atomic E-state index is 12.6. The van der Waals surface area contributed by atoms with E-state index >= 15 is 0 Å². The zero-order valence-electron chi connectivity index (χ0n) is 18.1. The van der Waals surface area contributed by atoms with Gasteiger partial charge in [-0.3, -0.25) is 9.59 Å². The molecule has 168 valence electrons. The van der Waals surface area contributed by atoms with Gasteiger partial charge in [0.1, 0.15) is 6.61 Å². The number of fused-ring (bicyclic) bond motifs is 3. The van der Waals surface area contributed by atoms with Gasteiger partial charge in [-0.05, 0) is 42.0 Å². The molecule has 32 heavy (non-hydrogen) atoms. The van der Waals surface area contributed by atoms with Crippen molar-refractivity contribution in [3.05, 3.63) is 59.7 Å². The first-order valence-corrected chi connectivity index (χ1v) is 11.1. The SMILES string of the molecule is C[C@H](CC(=O)N1CCC[C@@H]1CC(=O)O)NC(=O)OCC1c2ccccc2-c2ccccc21. The molecule has 7 nitrogen and oxygen atoms in total. The molecule has 0 aromatic heterocycles. The average molecular weight is 437 g/mol. The zero-order valence-corrected chi connectivity index (χ0v) is 18.1. The van der Waals surface area contributed by atoms with Crippen molar-refractivity contribution in [2.45, 2.75) is 50.6 Å². The van der Waals surface area contributed by atoms with E-state index in [1.807, 2.05) is 24.3 Å². The molecule has 0 bridgehead atoms. The fourth-order valence-corrected chi connectivity index (χ4v) is 4.85. The van der Waals surface area contributed by atoms with E-state index in [0.717, 1.165) is 28.7 Å². The number of nitrogens with zero attached hydrogens (tertiary/aromatic N) is 1. The van der Waals surface area contributed by atoms with Gasteiger partial charge in [0.25, 0.3) is 0 Å². The third-order valence-corrected chi connectivity index (χ3v) is 6.30. The number of aliphatic carboxylic acids is 1.